The number of ether oxygens (including phenoxy) is 2. The molecule has 2 N–H and O–H groups in total. The number of hydrogen-bond acceptors (Lipinski definition) is 4. The lowest BCUT2D eigenvalue weighted by atomic mass is 9.71. The molecule has 0 radical (unpaired) electrons. The van der Waals surface area contributed by atoms with Gasteiger partial charge in [-0.05, 0) is 59.2 Å². The Hall–Kier alpha value is -1.95. The Morgan fingerprint density at radius 2 is 1.86 bits per heavy atom. The summed E-state index contributed by atoms with van der Waals surface area (Å²) in [7, 11) is 1.54. The number of aliphatic hydroxyl groups excluding tert-OH is 2. The van der Waals surface area contributed by atoms with Crippen LogP contribution in [0.25, 0.3) is 11.1 Å². The lowest BCUT2D eigenvalue weighted by Gasteiger charge is -2.46. The molecule has 0 heterocycles. The van der Waals surface area contributed by atoms with Crippen LogP contribution in [0.2, 0.25) is 0 Å². The Bertz CT molecular complexity index is 820. The van der Waals surface area contributed by atoms with Gasteiger partial charge in [-0.3, -0.25) is 0 Å². The Balaban J connectivity index is 1.90. The number of methoxy groups -OCH3 is 1. The molecule has 1 aliphatic rings. The fraction of sp³-hybridized carbons (Fsp3) is 0.478. The highest BCUT2D eigenvalue weighted by atomic mass is 19.1. The van der Waals surface area contributed by atoms with Gasteiger partial charge in [0.2, 0.25) is 0 Å². The summed E-state index contributed by atoms with van der Waals surface area (Å²) in [5.41, 5.74) is 2.42. The first kappa shape index (κ1) is 20.8. The molecule has 0 spiro atoms. The van der Waals surface area contributed by atoms with E-state index in [-0.39, 0.29) is 11.2 Å². The average Bonchev–Trinajstić information content (AvgIpc) is 2.66. The van der Waals surface area contributed by atoms with Gasteiger partial charge in [-0.15, -0.1) is 0 Å². The van der Waals surface area contributed by atoms with Crippen molar-refractivity contribution in [2.45, 2.75) is 58.0 Å². The molecule has 28 heavy (non-hydrogen) atoms. The van der Waals surface area contributed by atoms with Crippen LogP contribution < -0.4 is 4.74 Å². The molecular weight excluding hydrogens is 359 g/mol. The zero-order valence-electron chi connectivity index (χ0n) is 16.9. The van der Waals surface area contributed by atoms with Crippen LogP contribution in [0.15, 0.2) is 42.5 Å². The zero-order chi connectivity index (χ0) is 20.5. The van der Waals surface area contributed by atoms with E-state index in [1.807, 2.05) is 45.0 Å². The minimum Gasteiger partial charge on any atom is -0.488 e. The second-order valence-corrected chi connectivity index (χ2v) is 8.17. The Kier molecular flexibility index (Phi) is 6.08. The number of aryl methyl sites for hydroxylation is 1. The largest absolute Gasteiger partial charge is 0.488 e. The smallest absolute Gasteiger partial charge is 0.128 e. The zero-order valence-corrected chi connectivity index (χ0v) is 16.9. The van der Waals surface area contributed by atoms with Crippen LogP contribution >= 0.6 is 0 Å². The van der Waals surface area contributed by atoms with E-state index in [4.69, 9.17) is 9.47 Å². The van der Waals surface area contributed by atoms with E-state index >= 15 is 0 Å². The van der Waals surface area contributed by atoms with Crippen LogP contribution in [0.4, 0.5) is 4.39 Å². The quantitative estimate of drug-likeness (QED) is 0.814. The van der Waals surface area contributed by atoms with Crippen LogP contribution in [0.5, 0.6) is 5.75 Å². The highest BCUT2D eigenvalue weighted by Gasteiger charge is 2.49. The van der Waals surface area contributed by atoms with E-state index in [1.54, 1.807) is 6.07 Å². The fourth-order valence-corrected chi connectivity index (χ4v) is 4.22. The molecule has 0 aromatic heterocycles. The minimum atomic E-state index is -1.05. The first-order chi connectivity index (χ1) is 13.3. The monoisotopic (exact) mass is 388 g/mol. The Morgan fingerprint density at radius 3 is 2.50 bits per heavy atom. The van der Waals surface area contributed by atoms with Crippen molar-refractivity contribution in [3.8, 4) is 16.9 Å². The summed E-state index contributed by atoms with van der Waals surface area (Å²) in [4.78, 5) is 0. The molecule has 1 aliphatic carbocycles. The molecular formula is C23H29FO4. The van der Waals surface area contributed by atoms with Crippen LogP contribution in [0.3, 0.4) is 0 Å². The molecule has 0 aliphatic heterocycles. The minimum absolute atomic E-state index is 0.288. The lowest BCUT2D eigenvalue weighted by Crippen LogP contribution is -2.59. The lowest BCUT2D eigenvalue weighted by molar-refractivity contribution is -0.184. The van der Waals surface area contributed by atoms with E-state index in [0.717, 1.165) is 23.1 Å². The van der Waals surface area contributed by atoms with Crippen molar-refractivity contribution < 1.29 is 24.1 Å². The maximum absolute atomic E-state index is 13.7. The van der Waals surface area contributed by atoms with Gasteiger partial charge in [0.25, 0.3) is 0 Å². The number of aliphatic hydroxyl groups is 2. The molecule has 1 saturated carbocycles. The summed E-state index contributed by atoms with van der Waals surface area (Å²) < 4.78 is 25.2. The molecule has 0 bridgehead atoms. The van der Waals surface area contributed by atoms with Gasteiger partial charge >= 0.3 is 0 Å². The summed E-state index contributed by atoms with van der Waals surface area (Å²) in [5, 5.41) is 21.0. The molecule has 0 unspecified atom stereocenters. The van der Waals surface area contributed by atoms with Crippen LogP contribution in [-0.2, 0) is 11.2 Å². The van der Waals surface area contributed by atoms with Crippen molar-refractivity contribution in [3.05, 3.63) is 53.8 Å². The molecule has 152 valence electrons. The van der Waals surface area contributed by atoms with Crippen molar-refractivity contribution in [3.63, 3.8) is 0 Å². The molecule has 0 saturated heterocycles. The van der Waals surface area contributed by atoms with Crippen molar-refractivity contribution in [2.24, 2.45) is 5.41 Å². The van der Waals surface area contributed by atoms with Gasteiger partial charge in [0.1, 0.15) is 29.9 Å². The second kappa shape index (κ2) is 8.19. The third-order valence-electron chi connectivity index (χ3n) is 5.68. The van der Waals surface area contributed by atoms with Crippen LogP contribution in [0, 0.1) is 11.2 Å². The van der Waals surface area contributed by atoms with E-state index in [9.17, 15) is 14.6 Å². The number of rotatable bonds is 5. The molecule has 1 fully saturated rings. The molecule has 3 rings (SSSR count). The predicted molar refractivity (Wildman–Crippen MR) is 107 cm³/mol. The van der Waals surface area contributed by atoms with E-state index < -0.39 is 24.4 Å². The average molecular weight is 388 g/mol. The van der Waals surface area contributed by atoms with Crippen molar-refractivity contribution in [1.82, 2.24) is 0 Å². The fourth-order valence-electron chi connectivity index (χ4n) is 4.22. The van der Waals surface area contributed by atoms with Gasteiger partial charge < -0.3 is 19.7 Å². The van der Waals surface area contributed by atoms with Crippen molar-refractivity contribution in [2.75, 3.05) is 7.11 Å². The normalized spacial score (nSPS) is 26.8. The summed E-state index contributed by atoms with van der Waals surface area (Å²) >= 11 is 0. The van der Waals surface area contributed by atoms with Crippen LogP contribution in [-0.4, -0.2) is 41.7 Å². The molecule has 0 amide bonds. The van der Waals surface area contributed by atoms with Crippen LogP contribution in [0.1, 0.15) is 32.8 Å². The van der Waals surface area contributed by atoms with Gasteiger partial charge in [0.15, 0.2) is 0 Å². The maximum atomic E-state index is 13.7. The molecule has 5 heteroatoms. The molecule has 4 atom stereocenters. The van der Waals surface area contributed by atoms with Gasteiger partial charge in [-0.25, -0.2) is 4.39 Å². The standard InChI is InChI=1S/C23H29FO4/c1-5-14-9-10-17(12-18(14)15-7-6-8-16(24)11-15)28-19-13-23(2,3)22(27-4)21(26)20(19)25/h6-12,19-22,25-26H,5,13H2,1-4H3/t19-,20+,21+,22-/m1/s1. The topological polar surface area (TPSA) is 58.9 Å². The summed E-state index contributed by atoms with van der Waals surface area (Å²) in [6.45, 7) is 6.03. The van der Waals surface area contributed by atoms with Crippen molar-refractivity contribution >= 4 is 0 Å². The van der Waals surface area contributed by atoms with Gasteiger partial charge in [0.05, 0.1) is 6.10 Å². The molecule has 2 aromatic rings. The first-order valence-electron chi connectivity index (χ1n) is 9.71. The number of halogens is 1. The van der Waals surface area contributed by atoms with Gasteiger partial charge in [-0.2, -0.15) is 0 Å². The molecule has 4 nitrogen and oxygen atoms in total. The third kappa shape index (κ3) is 4.07. The highest BCUT2D eigenvalue weighted by molar-refractivity contribution is 5.69. The summed E-state index contributed by atoms with van der Waals surface area (Å²) in [6, 6.07) is 12.2. The first-order valence-corrected chi connectivity index (χ1v) is 9.71. The van der Waals surface area contributed by atoms with Gasteiger partial charge in [0, 0.05) is 7.11 Å². The van der Waals surface area contributed by atoms with Crippen molar-refractivity contribution in [1.29, 1.82) is 0 Å². The SMILES string of the molecule is CCc1ccc(O[C@@H]2CC(C)(C)[C@H](OC)[C@@H](O)[C@H]2O)cc1-c1cccc(F)c1. The summed E-state index contributed by atoms with van der Waals surface area (Å²) in [6.07, 6.45) is -1.77. The van der Waals surface area contributed by atoms with E-state index in [0.29, 0.717) is 12.2 Å². The predicted octanol–water partition coefficient (Wildman–Crippen LogP) is 3.97. The Labute approximate surface area is 165 Å². The number of hydrogen-bond donors (Lipinski definition) is 2. The summed E-state index contributed by atoms with van der Waals surface area (Å²) in [5.74, 6) is 0.295. The maximum Gasteiger partial charge on any atom is 0.128 e. The second-order valence-electron chi connectivity index (χ2n) is 8.17. The Morgan fingerprint density at radius 1 is 1.11 bits per heavy atom. The van der Waals surface area contributed by atoms with E-state index in [1.165, 1.54) is 19.2 Å². The third-order valence-corrected chi connectivity index (χ3v) is 5.68. The number of benzene rings is 2. The molecule has 2 aromatic carbocycles. The van der Waals surface area contributed by atoms with E-state index in [2.05, 4.69) is 0 Å². The highest BCUT2D eigenvalue weighted by Crippen LogP contribution is 2.40. The van der Waals surface area contributed by atoms with Gasteiger partial charge in [-0.1, -0.05) is 39.0 Å².